The zero-order valence-corrected chi connectivity index (χ0v) is 11.9. The van der Waals surface area contributed by atoms with Gasteiger partial charge in [0.15, 0.2) is 0 Å². The fourth-order valence-electron chi connectivity index (χ4n) is 2.12. The monoisotopic (exact) mass is 301 g/mol. The Hall–Kier alpha value is -0.0500. The van der Waals surface area contributed by atoms with Gasteiger partial charge in [0.2, 0.25) is 0 Å². The Bertz CT molecular complexity index is 374. The molecule has 0 bridgehead atoms. The van der Waals surface area contributed by atoms with Crippen LogP contribution in [0.15, 0.2) is 22.7 Å². The summed E-state index contributed by atoms with van der Waals surface area (Å²) < 4.78 is 1.03. The van der Waals surface area contributed by atoms with Gasteiger partial charge in [-0.2, -0.15) is 0 Å². The largest absolute Gasteiger partial charge is 0.312 e. The maximum absolute atomic E-state index is 6.16. The molecule has 3 heteroatoms. The maximum atomic E-state index is 6.16. The Morgan fingerprint density at radius 3 is 2.75 bits per heavy atom. The van der Waals surface area contributed by atoms with Crippen molar-refractivity contribution in [1.82, 2.24) is 5.32 Å². The van der Waals surface area contributed by atoms with Gasteiger partial charge in [-0.25, -0.2) is 0 Å². The van der Waals surface area contributed by atoms with Gasteiger partial charge in [-0.05, 0) is 36.0 Å². The van der Waals surface area contributed by atoms with Crippen molar-refractivity contribution in [3.8, 4) is 0 Å². The van der Waals surface area contributed by atoms with Crippen molar-refractivity contribution in [3.05, 3.63) is 33.3 Å². The van der Waals surface area contributed by atoms with E-state index in [0.29, 0.717) is 5.41 Å². The summed E-state index contributed by atoms with van der Waals surface area (Å²) in [7, 11) is 0. The molecule has 0 heterocycles. The fourth-order valence-corrected chi connectivity index (χ4v) is 2.86. The molecular weight excluding hydrogens is 286 g/mol. The molecule has 0 aliphatic heterocycles. The van der Waals surface area contributed by atoms with Crippen LogP contribution in [-0.4, -0.2) is 6.54 Å². The molecule has 0 saturated heterocycles. The highest BCUT2D eigenvalue weighted by Gasteiger charge is 2.30. The minimum Gasteiger partial charge on any atom is -0.312 e. The van der Waals surface area contributed by atoms with E-state index in [9.17, 15) is 0 Å². The highest BCUT2D eigenvalue weighted by Crippen LogP contribution is 2.39. The molecule has 16 heavy (non-hydrogen) atoms. The van der Waals surface area contributed by atoms with Crippen molar-refractivity contribution in [2.75, 3.05) is 6.54 Å². The van der Waals surface area contributed by atoms with E-state index in [1.54, 1.807) is 0 Å². The van der Waals surface area contributed by atoms with E-state index in [-0.39, 0.29) is 0 Å². The van der Waals surface area contributed by atoms with Gasteiger partial charge in [0.25, 0.3) is 0 Å². The Kier molecular flexibility index (Phi) is 3.93. The van der Waals surface area contributed by atoms with Gasteiger partial charge in [-0.3, -0.25) is 0 Å². The van der Waals surface area contributed by atoms with Crippen molar-refractivity contribution >= 4 is 27.5 Å². The molecule has 0 atom stereocenters. The van der Waals surface area contributed by atoms with E-state index >= 15 is 0 Å². The molecule has 1 N–H and O–H groups in total. The highest BCUT2D eigenvalue weighted by molar-refractivity contribution is 9.10. The maximum Gasteiger partial charge on any atom is 0.0462 e. The first kappa shape index (κ1) is 12.4. The van der Waals surface area contributed by atoms with Gasteiger partial charge in [-0.1, -0.05) is 46.9 Å². The van der Waals surface area contributed by atoms with Crippen LogP contribution in [0.4, 0.5) is 0 Å². The van der Waals surface area contributed by atoms with Crippen molar-refractivity contribution < 1.29 is 0 Å². The summed E-state index contributed by atoms with van der Waals surface area (Å²) in [5.41, 5.74) is 1.70. The summed E-state index contributed by atoms with van der Waals surface area (Å²) in [4.78, 5) is 0. The molecule has 1 aromatic carbocycles. The third-order valence-electron chi connectivity index (χ3n) is 3.44. The SMILES string of the molecule is CC1(CNCc2ccc(Br)cc2Cl)CCC1. The second-order valence-corrected chi connectivity index (χ2v) is 6.33. The smallest absolute Gasteiger partial charge is 0.0462 e. The van der Waals surface area contributed by atoms with Crippen LogP contribution < -0.4 is 5.32 Å². The first-order valence-corrected chi connectivity index (χ1v) is 6.91. The lowest BCUT2D eigenvalue weighted by Gasteiger charge is -2.38. The van der Waals surface area contributed by atoms with Crippen LogP contribution in [0.5, 0.6) is 0 Å². The van der Waals surface area contributed by atoms with E-state index in [2.05, 4.69) is 34.2 Å². The molecule has 1 aromatic rings. The predicted molar refractivity (Wildman–Crippen MR) is 72.8 cm³/mol. The quantitative estimate of drug-likeness (QED) is 0.870. The molecule has 1 aliphatic rings. The van der Waals surface area contributed by atoms with Crippen molar-refractivity contribution in [2.24, 2.45) is 5.41 Å². The minimum atomic E-state index is 0.530. The second-order valence-electron chi connectivity index (χ2n) is 5.00. The number of halogens is 2. The van der Waals surface area contributed by atoms with E-state index < -0.39 is 0 Å². The number of benzene rings is 1. The van der Waals surface area contributed by atoms with E-state index in [1.165, 1.54) is 24.8 Å². The van der Waals surface area contributed by atoms with Crippen molar-refractivity contribution in [2.45, 2.75) is 32.7 Å². The first-order chi connectivity index (χ1) is 7.59. The molecule has 88 valence electrons. The summed E-state index contributed by atoms with van der Waals surface area (Å²) in [6, 6.07) is 6.06. The van der Waals surface area contributed by atoms with Gasteiger partial charge in [0.1, 0.15) is 0 Å². The second kappa shape index (κ2) is 5.07. The van der Waals surface area contributed by atoms with Gasteiger partial charge in [0.05, 0.1) is 0 Å². The Morgan fingerprint density at radius 1 is 1.44 bits per heavy atom. The van der Waals surface area contributed by atoms with Gasteiger partial charge >= 0.3 is 0 Å². The molecule has 0 aromatic heterocycles. The van der Waals surface area contributed by atoms with Gasteiger partial charge < -0.3 is 5.32 Å². The normalized spacial score (nSPS) is 18.2. The zero-order chi connectivity index (χ0) is 11.6. The number of hydrogen-bond acceptors (Lipinski definition) is 1. The molecule has 0 unspecified atom stereocenters. The Morgan fingerprint density at radius 2 is 2.19 bits per heavy atom. The zero-order valence-electron chi connectivity index (χ0n) is 9.52. The van der Waals surface area contributed by atoms with Crippen LogP contribution in [0, 0.1) is 5.41 Å². The third kappa shape index (κ3) is 2.99. The van der Waals surface area contributed by atoms with E-state index in [4.69, 9.17) is 11.6 Å². The number of nitrogens with one attached hydrogen (secondary N) is 1. The number of rotatable bonds is 4. The summed E-state index contributed by atoms with van der Waals surface area (Å²) >= 11 is 9.57. The Labute approximate surface area is 111 Å². The van der Waals surface area contributed by atoms with Gasteiger partial charge in [-0.15, -0.1) is 0 Å². The summed E-state index contributed by atoms with van der Waals surface area (Å²) in [5.74, 6) is 0. The van der Waals surface area contributed by atoms with Crippen LogP contribution in [0.3, 0.4) is 0 Å². The average molecular weight is 303 g/mol. The first-order valence-electron chi connectivity index (χ1n) is 5.74. The van der Waals surface area contributed by atoms with Crippen LogP contribution in [0.1, 0.15) is 31.7 Å². The molecule has 1 saturated carbocycles. The average Bonchev–Trinajstić information content (AvgIpc) is 2.19. The predicted octanol–water partition coefficient (Wildman–Crippen LogP) is 4.38. The molecule has 0 spiro atoms. The fraction of sp³-hybridized carbons (Fsp3) is 0.538. The van der Waals surface area contributed by atoms with Crippen LogP contribution in [0.2, 0.25) is 5.02 Å². The van der Waals surface area contributed by atoms with E-state index in [1.807, 2.05) is 12.1 Å². The lowest BCUT2D eigenvalue weighted by atomic mass is 9.70. The molecule has 0 amide bonds. The molecule has 0 radical (unpaired) electrons. The number of hydrogen-bond donors (Lipinski definition) is 1. The van der Waals surface area contributed by atoms with Crippen LogP contribution in [-0.2, 0) is 6.54 Å². The third-order valence-corrected chi connectivity index (χ3v) is 4.29. The molecule has 1 aliphatic carbocycles. The topological polar surface area (TPSA) is 12.0 Å². The van der Waals surface area contributed by atoms with E-state index in [0.717, 1.165) is 22.6 Å². The van der Waals surface area contributed by atoms with Crippen molar-refractivity contribution in [3.63, 3.8) is 0 Å². The minimum absolute atomic E-state index is 0.530. The molecular formula is C13H17BrClN. The molecule has 2 rings (SSSR count). The molecule has 1 fully saturated rings. The van der Waals surface area contributed by atoms with Crippen LogP contribution in [0.25, 0.3) is 0 Å². The lowest BCUT2D eigenvalue weighted by Crippen LogP contribution is -2.37. The standard InChI is InChI=1S/C13H17BrClN/c1-13(5-2-6-13)9-16-8-10-3-4-11(14)7-12(10)15/h3-4,7,16H,2,5-6,8-9H2,1H3. The summed E-state index contributed by atoms with van der Waals surface area (Å²) in [5, 5.41) is 4.34. The van der Waals surface area contributed by atoms with Crippen molar-refractivity contribution in [1.29, 1.82) is 0 Å². The summed E-state index contributed by atoms with van der Waals surface area (Å²) in [6.45, 7) is 4.31. The molecule has 1 nitrogen and oxygen atoms in total. The Balaban J connectivity index is 1.85. The highest BCUT2D eigenvalue weighted by atomic mass is 79.9. The van der Waals surface area contributed by atoms with Crippen LogP contribution >= 0.6 is 27.5 Å². The summed E-state index contributed by atoms with van der Waals surface area (Å²) in [6.07, 6.45) is 4.10. The van der Waals surface area contributed by atoms with Gasteiger partial charge in [0, 0.05) is 22.6 Å². The lowest BCUT2D eigenvalue weighted by molar-refractivity contribution is 0.156.